The molecule has 27 heavy (non-hydrogen) atoms. The first-order chi connectivity index (χ1) is 13.1. The van der Waals surface area contributed by atoms with Crippen LogP contribution in [0.5, 0.6) is 0 Å². The van der Waals surface area contributed by atoms with Gasteiger partial charge < -0.3 is 24.4 Å². The maximum absolute atomic E-state index is 12.7. The number of hydrogen-bond acceptors (Lipinski definition) is 6. The van der Waals surface area contributed by atoms with Gasteiger partial charge in [-0.25, -0.2) is 0 Å². The highest BCUT2D eigenvalue weighted by molar-refractivity contribution is 5.76. The first-order valence-corrected chi connectivity index (χ1v) is 10.7. The highest BCUT2D eigenvalue weighted by Crippen LogP contribution is 2.34. The number of likely N-dealkylation sites (N-methyl/N-ethyl adjacent to an activating group) is 1. The normalized spacial score (nSPS) is 36.7. The Bertz CT molecular complexity index is 507. The third-order valence-electron chi connectivity index (χ3n) is 6.54. The number of rotatable bonds is 4. The average molecular weight is 382 g/mol. The van der Waals surface area contributed by atoms with Gasteiger partial charge in [-0.05, 0) is 38.6 Å². The summed E-state index contributed by atoms with van der Waals surface area (Å²) in [5.41, 5.74) is 0. The van der Waals surface area contributed by atoms with E-state index in [0.717, 1.165) is 51.5 Å². The molecule has 0 unspecified atom stereocenters. The molecule has 3 saturated heterocycles. The Morgan fingerprint density at radius 2 is 1.85 bits per heavy atom. The molecule has 4 atom stereocenters. The summed E-state index contributed by atoms with van der Waals surface area (Å²) in [6, 6.07) is 0.301. The van der Waals surface area contributed by atoms with Crippen LogP contribution in [0.4, 0.5) is 0 Å². The lowest BCUT2D eigenvalue weighted by molar-refractivity contribution is -0.161. The number of hydrogen-bond donors (Lipinski definition) is 1. The lowest BCUT2D eigenvalue weighted by Gasteiger charge is -2.45. The summed E-state index contributed by atoms with van der Waals surface area (Å²) in [5.74, 6) is 1.01. The van der Waals surface area contributed by atoms with E-state index in [0.29, 0.717) is 32.2 Å². The standard InChI is InChI=1S/C20H35N3O4/c1-21-6-8-22(9-7-21)20(25)10-17-4-5-18-19(27-17)14-26-13-16(24)12-23(18)11-15-2-3-15/h15-19,24H,2-14H2,1H3/t16-,17+,18-,19+/m1/s1. The molecule has 3 heterocycles. The second kappa shape index (κ2) is 8.74. The Morgan fingerprint density at radius 3 is 2.59 bits per heavy atom. The van der Waals surface area contributed by atoms with Crippen LogP contribution in [0.3, 0.4) is 0 Å². The lowest BCUT2D eigenvalue weighted by Crippen LogP contribution is -2.56. The summed E-state index contributed by atoms with van der Waals surface area (Å²) in [6.45, 7) is 6.18. The molecule has 1 N–H and O–H groups in total. The van der Waals surface area contributed by atoms with E-state index in [4.69, 9.17) is 9.47 Å². The van der Waals surface area contributed by atoms with Crippen molar-refractivity contribution >= 4 is 5.91 Å². The van der Waals surface area contributed by atoms with Crippen molar-refractivity contribution in [2.45, 2.75) is 56.5 Å². The van der Waals surface area contributed by atoms with Gasteiger partial charge in [-0.2, -0.15) is 0 Å². The second-order valence-corrected chi connectivity index (χ2v) is 8.92. The summed E-state index contributed by atoms with van der Waals surface area (Å²) in [7, 11) is 2.10. The molecule has 0 radical (unpaired) electrons. The van der Waals surface area contributed by atoms with Crippen molar-refractivity contribution in [3.05, 3.63) is 0 Å². The van der Waals surface area contributed by atoms with Crippen LogP contribution in [0, 0.1) is 5.92 Å². The Labute approximate surface area is 162 Å². The molecular formula is C20H35N3O4. The van der Waals surface area contributed by atoms with Crippen LogP contribution >= 0.6 is 0 Å². The fraction of sp³-hybridized carbons (Fsp3) is 0.950. The Kier molecular flexibility index (Phi) is 6.34. The summed E-state index contributed by atoms with van der Waals surface area (Å²) >= 11 is 0. The number of fused-ring (bicyclic) bond motifs is 1. The minimum atomic E-state index is -0.416. The molecule has 0 bridgehead atoms. The fourth-order valence-electron chi connectivity index (χ4n) is 4.67. The van der Waals surface area contributed by atoms with Crippen molar-refractivity contribution in [2.75, 3.05) is 59.5 Å². The minimum Gasteiger partial charge on any atom is -0.389 e. The van der Waals surface area contributed by atoms with Gasteiger partial charge >= 0.3 is 0 Å². The molecule has 0 aromatic heterocycles. The molecule has 4 rings (SSSR count). The Morgan fingerprint density at radius 1 is 1.07 bits per heavy atom. The molecular weight excluding hydrogens is 346 g/mol. The van der Waals surface area contributed by atoms with Gasteiger partial charge in [-0.15, -0.1) is 0 Å². The second-order valence-electron chi connectivity index (χ2n) is 8.92. The van der Waals surface area contributed by atoms with Crippen LogP contribution in [-0.2, 0) is 14.3 Å². The smallest absolute Gasteiger partial charge is 0.225 e. The van der Waals surface area contributed by atoms with Crippen molar-refractivity contribution < 1.29 is 19.4 Å². The predicted molar refractivity (Wildman–Crippen MR) is 101 cm³/mol. The monoisotopic (exact) mass is 381 g/mol. The van der Waals surface area contributed by atoms with E-state index in [1.807, 2.05) is 4.90 Å². The van der Waals surface area contributed by atoms with Crippen LogP contribution in [-0.4, -0.2) is 110 Å². The molecule has 1 aliphatic carbocycles. The molecule has 0 spiro atoms. The minimum absolute atomic E-state index is 0.00543. The van der Waals surface area contributed by atoms with Gasteiger partial charge in [0.25, 0.3) is 0 Å². The van der Waals surface area contributed by atoms with Gasteiger partial charge in [0, 0.05) is 45.3 Å². The van der Waals surface area contributed by atoms with E-state index >= 15 is 0 Å². The number of nitrogens with zero attached hydrogens (tertiary/aromatic N) is 3. The molecule has 0 aromatic rings. The largest absolute Gasteiger partial charge is 0.389 e. The molecule has 4 aliphatic rings. The Hall–Kier alpha value is -0.730. The van der Waals surface area contributed by atoms with Crippen molar-refractivity contribution in [1.29, 1.82) is 0 Å². The topological polar surface area (TPSA) is 65.5 Å². The quantitative estimate of drug-likeness (QED) is 0.749. The fourth-order valence-corrected chi connectivity index (χ4v) is 4.67. The number of ether oxygens (including phenoxy) is 2. The van der Waals surface area contributed by atoms with Crippen molar-refractivity contribution in [2.24, 2.45) is 5.92 Å². The number of β-amino-alcohol motifs (C(OH)–C–C–N with tert-alkyl or cyclic N) is 1. The van der Waals surface area contributed by atoms with Gasteiger partial charge in [0.1, 0.15) is 0 Å². The van der Waals surface area contributed by atoms with E-state index in [9.17, 15) is 9.90 Å². The molecule has 4 fully saturated rings. The zero-order valence-corrected chi connectivity index (χ0v) is 16.6. The SMILES string of the molecule is CN1CCN(C(=O)C[C@@H]2CC[C@@H]3[C@H](COC[C@H](O)CN3CC3CC3)O2)CC1. The van der Waals surface area contributed by atoms with Crippen molar-refractivity contribution in [3.63, 3.8) is 0 Å². The summed E-state index contributed by atoms with van der Waals surface area (Å²) in [6.07, 6.45) is 4.63. The van der Waals surface area contributed by atoms with Crippen LogP contribution < -0.4 is 0 Å². The van der Waals surface area contributed by atoms with E-state index in [2.05, 4.69) is 16.8 Å². The Balaban J connectivity index is 1.32. The highest BCUT2D eigenvalue weighted by atomic mass is 16.5. The third-order valence-corrected chi connectivity index (χ3v) is 6.54. The highest BCUT2D eigenvalue weighted by Gasteiger charge is 2.40. The lowest BCUT2D eigenvalue weighted by atomic mass is 9.94. The van der Waals surface area contributed by atoms with Gasteiger partial charge in [-0.1, -0.05) is 0 Å². The van der Waals surface area contributed by atoms with Crippen molar-refractivity contribution in [3.8, 4) is 0 Å². The third kappa shape index (κ3) is 5.21. The van der Waals surface area contributed by atoms with Crippen LogP contribution in [0.2, 0.25) is 0 Å². The van der Waals surface area contributed by atoms with E-state index in [-0.39, 0.29) is 18.1 Å². The summed E-state index contributed by atoms with van der Waals surface area (Å²) in [5, 5.41) is 10.2. The molecule has 3 aliphatic heterocycles. The van der Waals surface area contributed by atoms with Crippen LogP contribution in [0.15, 0.2) is 0 Å². The predicted octanol–water partition coefficient (Wildman–Crippen LogP) is 0.170. The molecule has 7 nitrogen and oxygen atoms in total. The number of carbonyl (C=O) groups is 1. The van der Waals surface area contributed by atoms with E-state index < -0.39 is 6.10 Å². The van der Waals surface area contributed by atoms with Gasteiger partial charge in [0.2, 0.25) is 5.91 Å². The summed E-state index contributed by atoms with van der Waals surface area (Å²) in [4.78, 5) is 19.4. The number of amides is 1. The van der Waals surface area contributed by atoms with Crippen LogP contribution in [0.25, 0.3) is 0 Å². The molecule has 1 saturated carbocycles. The molecule has 7 heteroatoms. The first kappa shape index (κ1) is 19.6. The zero-order valence-electron chi connectivity index (χ0n) is 16.6. The number of carbonyl (C=O) groups excluding carboxylic acids is 1. The summed E-state index contributed by atoms with van der Waals surface area (Å²) < 4.78 is 12.1. The maximum Gasteiger partial charge on any atom is 0.225 e. The first-order valence-electron chi connectivity index (χ1n) is 10.7. The molecule has 154 valence electrons. The average Bonchev–Trinajstić information content (AvgIpc) is 3.45. The van der Waals surface area contributed by atoms with E-state index in [1.54, 1.807) is 0 Å². The molecule has 1 amide bonds. The number of aliphatic hydroxyl groups is 1. The molecule has 0 aromatic carbocycles. The van der Waals surface area contributed by atoms with Gasteiger partial charge in [0.05, 0.1) is 37.9 Å². The van der Waals surface area contributed by atoms with Gasteiger partial charge in [0.15, 0.2) is 0 Å². The van der Waals surface area contributed by atoms with E-state index in [1.165, 1.54) is 12.8 Å². The maximum atomic E-state index is 12.7. The number of piperazine rings is 1. The zero-order chi connectivity index (χ0) is 18.8. The van der Waals surface area contributed by atoms with Gasteiger partial charge in [-0.3, -0.25) is 9.69 Å². The van der Waals surface area contributed by atoms with Crippen molar-refractivity contribution in [1.82, 2.24) is 14.7 Å². The number of aliphatic hydroxyl groups excluding tert-OH is 1. The van der Waals surface area contributed by atoms with Crippen LogP contribution in [0.1, 0.15) is 32.1 Å².